The summed E-state index contributed by atoms with van der Waals surface area (Å²) < 4.78 is 10.6. The van der Waals surface area contributed by atoms with Gasteiger partial charge in [-0.05, 0) is 27.6 Å². The van der Waals surface area contributed by atoms with E-state index >= 15 is 0 Å². The second kappa shape index (κ2) is 4.04. The number of hydrogen-bond donors (Lipinski definition) is 2. The Kier molecular flexibility index (Phi) is 2.37. The van der Waals surface area contributed by atoms with E-state index in [1.54, 1.807) is 4.68 Å². The Morgan fingerprint density at radius 2 is 1.63 bits per heavy atom. The van der Waals surface area contributed by atoms with Gasteiger partial charge in [0, 0.05) is 6.54 Å². The lowest BCUT2D eigenvalue weighted by Gasteiger charge is -1.97. The highest BCUT2D eigenvalue weighted by Crippen LogP contribution is 2.25. The van der Waals surface area contributed by atoms with Crippen LogP contribution in [0.15, 0.2) is 9.26 Å². The summed E-state index contributed by atoms with van der Waals surface area (Å²) in [6.45, 7) is 2.43. The van der Waals surface area contributed by atoms with E-state index in [4.69, 9.17) is 11.5 Å². The summed E-state index contributed by atoms with van der Waals surface area (Å²) >= 11 is 0. The normalized spacial score (nSPS) is 11.0. The number of aromatic nitrogens is 7. The molecule has 4 N–H and O–H groups in total. The van der Waals surface area contributed by atoms with E-state index in [-0.39, 0.29) is 23.2 Å². The third kappa shape index (κ3) is 1.67. The van der Waals surface area contributed by atoms with Crippen molar-refractivity contribution < 1.29 is 9.26 Å². The zero-order chi connectivity index (χ0) is 13.4. The molecule has 0 fully saturated rings. The topological polar surface area (TPSA) is 161 Å². The smallest absolute Gasteiger partial charge is 0.207 e. The second-order valence-corrected chi connectivity index (χ2v) is 3.57. The predicted octanol–water partition coefficient (Wildman–Crippen LogP) is -0.438. The van der Waals surface area contributed by atoms with Gasteiger partial charge in [0.1, 0.15) is 0 Å². The molecule has 0 amide bonds. The number of nitrogens with zero attached hydrogens (tertiary/aromatic N) is 7. The highest BCUT2D eigenvalue weighted by molar-refractivity contribution is 5.67. The van der Waals surface area contributed by atoms with Crippen LogP contribution >= 0.6 is 0 Å². The number of aryl methyl sites for hydroxylation is 1. The van der Waals surface area contributed by atoms with Crippen molar-refractivity contribution in [3.63, 3.8) is 0 Å². The third-order valence-electron chi connectivity index (χ3n) is 2.42. The van der Waals surface area contributed by atoms with E-state index in [9.17, 15) is 0 Å². The van der Waals surface area contributed by atoms with Gasteiger partial charge in [0.25, 0.3) is 0 Å². The van der Waals surface area contributed by atoms with Crippen LogP contribution in [0.4, 0.5) is 11.6 Å². The van der Waals surface area contributed by atoms with Gasteiger partial charge in [-0.2, -0.15) is 0 Å². The van der Waals surface area contributed by atoms with Gasteiger partial charge >= 0.3 is 0 Å². The van der Waals surface area contributed by atoms with E-state index in [1.165, 1.54) is 0 Å². The first-order valence-corrected chi connectivity index (χ1v) is 5.32. The molecule has 0 spiro atoms. The van der Waals surface area contributed by atoms with Crippen molar-refractivity contribution in [3.8, 4) is 23.0 Å². The minimum absolute atomic E-state index is 0.103. The molecule has 0 atom stereocenters. The Bertz CT molecular complexity index is 711. The summed E-state index contributed by atoms with van der Waals surface area (Å²) in [5.74, 6) is 0.891. The summed E-state index contributed by atoms with van der Waals surface area (Å²) in [6.07, 6.45) is 0. The average molecular weight is 263 g/mol. The highest BCUT2D eigenvalue weighted by atomic mass is 16.6. The van der Waals surface area contributed by atoms with Crippen LogP contribution in [0.25, 0.3) is 23.0 Å². The molecule has 0 aliphatic carbocycles. The van der Waals surface area contributed by atoms with Gasteiger partial charge in [-0.25, -0.2) is 18.9 Å². The minimum atomic E-state index is 0.103. The molecule has 19 heavy (non-hydrogen) atoms. The van der Waals surface area contributed by atoms with Gasteiger partial charge in [-0.1, -0.05) is 0 Å². The van der Waals surface area contributed by atoms with Crippen molar-refractivity contribution in [3.05, 3.63) is 0 Å². The molecule has 3 aromatic rings. The van der Waals surface area contributed by atoms with Crippen LogP contribution in [0, 0.1) is 0 Å². The van der Waals surface area contributed by atoms with Gasteiger partial charge < -0.3 is 11.5 Å². The quantitative estimate of drug-likeness (QED) is 0.633. The van der Waals surface area contributed by atoms with E-state index in [1.807, 2.05) is 6.92 Å². The molecule has 0 aromatic carbocycles. The van der Waals surface area contributed by atoms with Crippen LogP contribution in [0.3, 0.4) is 0 Å². The molecule has 0 radical (unpaired) electrons. The fourth-order valence-electron chi connectivity index (χ4n) is 1.54. The number of nitrogen functional groups attached to an aromatic ring is 2. The second-order valence-electron chi connectivity index (χ2n) is 3.57. The number of rotatable bonds is 3. The van der Waals surface area contributed by atoms with Gasteiger partial charge in [0.15, 0.2) is 28.8 Å². The lowest BCUT2D eigenvalue weighted by Crippen LogP contribution is -2.01. The zero-order valence-corrected chi connectivity index (χ0v) is 9.81. The molecule has 0 saturated carbocycles. The maximum absolute atomic E-state index is 5.63. The molecule has 3 heterocycles. The zero-order valence-electron chi connectivity index (χ0n) is 9.81. The van der Waals surface area contributed by atoms with Gasteiger partial charge in [0.05, 0.1) is 0 Å². The third-order valence-corrected chi connectivity index (χ3v) is 2.42. The monoisotopic (exact) mass is 263 g/mol. The Hall–Kier alpha value is -2.98. The average Bonchev–Trinajstić information content (AvgIpc) is 3.07. The van der Waals surface area contributed by atoms with E-state index in [2.05, 4.69) is 40.0 Å². The standard InChI is InChI=1S/C8H9N9O2/c1-2-17-8(4-6(10)16-19-14-4)11-7(12-17)3-5(9)15-18-13-3/h2H2,1H3,(H2,9,15)(H2,10,16). The molecule has 0 saturated heterocycles. The molecule has 98 valence electrons. The van der Waals surface area contributed by atoms with Crippen molar-refractivity contribution in [1.29, 1.82) is 0 Å². The SMILES string of the molecule is CCn1nc(-c2nonc2N)nc1-c1nonc1N. The fraction of sp³-hybridized carbons (Fsp3) is 0.250. The molecule has 0 aliphatic rings. The van der Waals surface area contributed by atoms with Crippen LogP contribution in [0.1, 0.15) is 6.92 Å². The summed E-state index contributed by atoms with van der Waals surface area (Å²) in [4.78, 5) is 4.25. The molecular formula is C8H9N9O2. The first-order valence-electron chi connectivity index (χ1n) is 5.32. The van der Waals surface area contributed by atoms with Crippen molar-refractivity contribution in [2.24, 2.45) is 0 Å². The lowest BCUT2D eigenvalue weighted by atomic mass is 10.4. The van der Waals surface area contributed by atoms with Crippen LogP contribution in [0.5, 0.6) is 0 Å². The van der Waals surface area contributed by atoms with Crippen molar-refractivity contribution in [1.82, 2.24) is 35.4 Å². The first kappa shape index (κ1) is 11.1. The van der Waals surface area contributed by atoms with Crippen molar-refractivity contribution >= 4 is 11.6 Å². The molecule has 3 rings (SSSR count). The summed E-state index contributed by atoms with van der Waals surface area (Å²) in [5, 5.41) is 18.5. The Morgan fingerprint density at radius 3 is 2.16 bits per heavy atom. The molecule has 0 unspecified atom stereocenters. The number of hydrogen-bond acceptors (Lipinski definition) is 10. The van der Waals surface area contributed by atoms with Crippen LogP contribution in [-0.2, 0) is 6.54 Å². The number of anilines is 2. The molecule has 0 bridgehead atoms. The van der Waals surface area contributed by atoms with Gasteiger partial charge in [0.2, 0.25) is 5.82 Å². The predicted molar refractivity (Wildman–Crippen MR) is 61.1 cm³/mol. The largest absolute Gasteiger partial charge is 0.379 e. The van der Waals surface area contributed by atoms with Crippen molar-refractivity contribution in [2.45, 2.75) is 13.5 Å². The Labute approximate surface area is 105 Å². The fourth-order valence-corrected chi connectivity index (χ4v) is 1.54. The van der Waals surface area contributed by atoms with E-state index < -0.39 is 0 Å². The first-order chi connectivity index (χ1) is 9.20. The summed E-state index contributed by atoms with van der Waals surface area (Å²) in [5.41, 5.74) is 11.8. The molecule has 11 nitrogen and oxygen atoms in total. The molecule has 0 aliphatic heterocycles. The Balaban J connectivity index is 2.14. The van der Waals surface area contributed by atoms with Gasteiger partial charge in [-0.3, -0.25) is 0 Å². The molecule has 11 heteroatoms. The van der Waals surface area contributed by atoms with Crippen molar-refractivity contribution in [2.75, 3.05) is 11.5 Å². The van der Waals surface area contributed by atoms with Crippen LogP contribution < -0.4 is 11.5 Å². The number of nitrogens with two attached hydrogens (primary N) is 2. The molecule has 3 aromatic heterocycles. The van der Waals surface area contributed by atoms with Gasteiger partial charge in [-0.15, -0.1) is 5.10 Å². The lowest BCUT2D eigenvalue weighted by molar-refractivity contribution is 0.310. The van der Waals surface area contributed by atoms with E-state index in [0.29, 0.717) is 18.1 Å². The summed E-state index contributed by atoms with van der Waals surface area (Å²) in [6, 6.07) is 0. The maximum Gasteiger partial charge on any atom is 0.207 e. The van der Waals surface area contributed by atoms with Crippen LogP contribution in [-0.4, -0.2) is 35.4 Å². The summed E-state index contributed by atoms with van der Waals surface area (Å²) in [7, 11) is 0. The molecular weight excluding hydrogens is 254 g/mol. The minimum Gasteiger partial charge on any atom is -0.379 e. The van der Waals surface area contributed by atoms with E-state index in [0.717, 1.165) is 0 Å². The van der Waals surface area contributed by atoms with Crippen LogP contribution in [0.2, 0.25) is 0 Å². The maximum atomic E-state index is 5.63. The highest BCUT2D eigenvalue weighted by Gasteiger charge is 2.22. The Morgan fingerprint density at radius 1 is 1.00 bits per heavy atom.